The topological polar surface area (TPSA) is 108 Å². The first-order chi connectivity index (χ1) is 12.6. The molecular weight excluding hydrogens is 338 g/mol. The van der Waals surface area contributed by atoms with Crippen LogP contribution in [0.2, 0.25) is 0 Å². The van der Waals surface area contributed by atoms with Gasteiger partial charge in [-0.25, -0.2) is 4.79 Å². The third-order valence-corrected chi connectivity index (χ3v) is 3.39. The number of nitro benzene ring substituents is 1. The molecule has 0 saturated heterocycles. The van der Waals surface area contributed by atoms with Gasteiger partial charge in [0, 0.05) is 17.7 Å². The lowest BCUT2D eigenvalue weighted by Crippen LogP contribution is -2.07. The number of terminal acetylenes is 1. The molecule has 26 heavy (non-hydrogen) atoms. The zero-order valence-corrected chi connectivity index (χ0v) is 13.3. The van der Waals surface area contributed by atoms with Crippen LogP contribution in [0, 0.1) is 22.5 Å². The van der Waals surface area contributed by atoms with Crippen molar-refractivity contribution in [2.24, 2.45) is 0 Å². The smallest absolute Gasteiger partial charge is 0.339 e. The summed E-state index contributed by atoms with van der Waals surface area (Å²) in [7, 11) is 0. The normalized spacial score (nSPS) is 10.1. The standard InChI is InChI=1S/C18H11N3O5/c1-2-10-25-18(22)15-9-4-3-8-14(15)17-20-19-16(26-17)12-6-5-7-13(11-12)21(23)24/h1,3-9,11H,10H2. The third-order valence-electron chi connectivity index (χ3n) is 3.39. The van der Waals surface area contributed by atoms with Gasteiger partial charge in [0.1, 0.15) is 0 Å². The Morgan fingerprint density at radius 2 is 1.96 bits per heavy atom. The zero-order valence-electron chi connectivity index (χ0n) is 13.3. The van der Waals surface area contributed by atoms with Crippen molar-refractivity contribution in [3.63, 3.8) is 0 Å². The molecule has 128 valence electrons. The average Bonchev–Trinajstić information content (AvgIpc) is 3.16. The molecule has 0 spiro atoms. The number of aromatic nitrogens is 2. The summed E-state index contributed by atoms with van der Waals surface area (Å²) in [5.41, 5.74) is 0.890. The summed E-state index contributed by atoms with van der Waals surface area (Å²) in [5, 5.41) is 18.7. The van der Waals surface area contributed by atoms with E-state index in [2.05, 4.69) is 16.1 Å². The van der Waals surface area contributed by atoms with Gasteiger partial charge in [0.05, 0.1) is 16.1 Å². The molecule has 0 saturated carbocycles. The van der Waals surface area contributed by atoms with Gasteiger partial charge in [0.25, 0.3) is 5.69 Å². The molecule has 3 rings (SSSR count). The van der Waals surface area contributed by atoms with E-state index in [9.17, 15) is 14.9 Å². The van der Waals surface area contributed by atoms with Crippen molar-refractivity contribution in [2.75, 3.05) is 6.61 Å². The van der Waals surface area contributed by atoms with E-state index >= 15 is 0 Å². The van der Waals surface area contributed by atoms with Crippen LogP contribution in [-0.2, 0) is 4.74 Å². The van der Waals surface area contributed by atoms with Gasteiger partial charge >= 0.3 is 5.97 Å². The van der Waals surface area contributed by atoms with E-state index in [0.717, 1.165) is 0 Å². The Balaban J connectivity index is 1.96. The molecule has 0 fully saturated rings. The number of nitrogens with zero attached hydrogens (tertiary/aromatic N) is 3. The molecule has 8 nitrogen and oxygen atoms in total. The molecule has 1 aromatic heterocycles. The highest BCUT2D eigenvalue weighted by atomic mass is 16.6. The van der Waals surface area contributed by atoms with Crippen molar-refractivity contribution in [1.82, 2.24) is 10.2 Å². The second kappa shape index (κ2) is 7.27. The second-order valence-corrected chi connectivity index (χ2v) is 5.05. The first-order valence-corrected chi connectivity index (χ1v) is 7.38. The monoisotopic (exact) mass is 349 g/mol. The van der Waals surface area contributed by atoms with Crippen molar-refractivity contribution in [3.8, 4) is 35.3 Å². The van der Waals surface area contributed by atoms with E-state index in [0.29, 0.717) is 11.1 Å². The third kappa shape index (κ3) is 3.42. The van der Waals surface area contributed by atoms with Crippen LogP contribution in [0.5, 0.6) is 0 Å². The van der Waals surface area contributed by atoms with Crippen molar-refractivity contribution in [3.05, 3.63) is 64.2 Å². The fourth-order valence-corrected chi connectivity index (χ4v) is 2.23. The van der Waals surface area contributed by atoms with Crippen molar-refractivity contribution in [1.29, 1.82) is 0 Å². The minimum absolute atomic E-state index is 0.0831. The molecule has 0 N–H and O–H groups in total. The highest BCUT2D eigenvalue weighted by Gasteiger charge is 2.19. The van der Waals surface area contributed by atoms with Gasteiger partial charge in [-0.15, -0.1) is 16.6 Å². The summed E-state index contributed by atoms with van der Waals surface area (Å²) in [5.74, 6) is 1.78. The van der Waals surface area contributed by atoms with Gasteiger partial charge in [0.2, 0.25) is 11.8 Å². The van der Waals surface area contributed by atoms with Crippen molar-refractivity contribution in [2.45, 2.75) is 0 Å². The highest BCUT2D eigenvalue weighted by molar-refractivity contribution is 5.96. The summed E-state index contributed by atoms with van der Waals surface area (Å²) >= 11 is 0. The molecule has 0 aliphatic heterocycles. The first kappa shape index (κ1) is 16.9. The maximum atomic E-state index is 12.1. The predicted molar refractivity (Wildman–Crippen MR) is 90.9 cm³/mol. The number of rotatable bonds is 5. The fraction of sp³-hybridized carbons (Fsp3) is 0.0556. The largest absolute Gasteiger partial charge is 0.449 e. The van der Waals surface area contributed by atoms with Crippen molar-refractivity contribution >= 4 is 11.7 Å². The maximum Gasteiger partial charge on any atom is 0.339 e. The lowest BCUT2D eigenvalue weighted by atomic mass is 10.1. The maximum absolute atomic E-state index is 12.1. The molecule has 0 aliphatic carbocycles. The minimum atomic E-state index is -0.617. The summed E-state index contributed by atoms with van der Waals surface area (Å²) in [6, 6.07) is 12.3. The van der Waals surface area contributed by atoms with E-state index in [-0.39, 0.29) is 29.6 Å². The quantitative estimate of drug-likeness (QED) is 0.301. The van der Waals surface area contributed by atoms with Crippen LogP contribution in [0.3, 0.4) is 0 Å². The number of esters is 1. The number of carbonyl (C=O) groups is 1. The first-order valence-electron chi connectivity index (χ1n) is 7.38. The molecule has 3 aromatic rings. The Bertz CT molecular complexity index is 1020. The lowest BCUT2D eigenvalue weighted by Gasteiger charge is -2.04. The Morgan fingerprint density at radius 1 is 1.19 bits per heavy atom. The molecule has 1 heterocycles. The van der Waals surface area contributed by atoms with E-state index in [1.807, 2.05) is 0 Å². The van der Waals surface area contributed by atoms with Crippen LogP contribution in [0.15, 0.2) is 52.9 Å². The molecule has 0 amide bonds. The van der Waals surface area contributed by atoms with Gasteiger partial charge in [-0.05, 0) is 18.2 Å². The van der Waals surface area contributed by atoms with E-state index in [1.54, 1.807) is 30.3 Å². The highest BCUT2D eigenvalue weighted by Crippen LogP contribution is 2.28. The molecule has 0 unspecified atom stereocenters. The lowest BCUT2D eigenvalue weighted by molar-refractivity contribution is -0.384. The minimum Gasteiger partial charge on any atom is -0.449 e. The van der Waals surface area contributed by atoms with Gasteiger partial charge in [-0.3, -0.25) is 10.1 Å². The molecule has 8 heteroatoms. The molecule has 0 aliphatic rings. The van der Waals surface area contributed by atoms with Gasteiger partial charge in [0.15, 0.2) is 6.61 Å². The Hall–Kier alpha value is -3.99. The van der Waals surface area contributed by atoms with E-state index in [4.69, 9.17) is 15.6 Å². The van der Waals surface area contributed by atoms with Crippen LogP contribution in [0.1, 0.15) is 10.4 Å². The molecule has 0 bridgehead atoms. The predicted octanol–water partition coefficient (Wildman–Crippen LogP) is 3.10. The molecule has 2 aromatic carbocycles. The van der Waals surface area contributed by atoms with Crippen LogP contribution in [-0.4, -0.2) is 27.7 Å². The van der Waals surface area contributed by atoms with Gasteiger partial charge < -0.3 is 9.15 Å². The number of benzene rings is 2. The van der Waals surface area contributed by atoms with E-state index < -0.39 is 10.9 Å². The van der Waals surface area contributed by atoms with Crippen LogP contribution in [0.25, 0.3) is 22.9 Å². The SMILES string of the molecule is C#CCOC(=O)c1ccccc1-c1nnc(-c2cccc([N+](=O)[O-])c2)o1. The average molecular weight is 349 g/mol. The number of carbonyl (C=O) groups excluding carboxylic acids is 1. The van der Waals surface area contributed by atoms with E-state index in [1.165, 1.54) is 18.2 Å². The summed E-state index contributed by atoms with van der Waals surface area (Å²) in [4.78, 5) is 22.5. The fourth-order valence-electron chi connectivity index (χ4n) is 2.23. The molecule has 0 radical (unpaired) electrons. The van der Waals surface area contributed by atoms with Gasteiger partial charge in [-0.2, -0.15) is 0 Å². The zero-order chi connectivity index (χ0) is 18.5. The van der Waals surface area contributed by atoms with Crippen LogP contribution >= 0.6 is 0 Å². The van der Waals surface area contributed by atoms with Crippen molar-refractivity contribution < 1.29 is 18.9 Å². The number of nitro groups is 1. The van der Waals surface area contributed by atoms with Crippen LogP contribution in [0.4, 0.5) is 5.69 Å². The second-order valence-electron chi connectivity index (χ2n) is 5.05. The number of ether oxygens (including phenoxy) is 1. The Kier molecular flexibility index (Phi) is 4.71. The molecule has 0 atom stereocenters. The number of hydrogen-bond acceptors (Lipinski definition) is 7. The summed E-state index contributed by atoms with van der Waals surface area (Å²) in [6.07, 6.45) is 5.09. The summed E-state index contributed by atoms with van der Waals surface area (Å²) < 4.78 is 10.5. The summed E-state index contributed by atoms with van der Waals surface area (Å²) in [6.45, 7) is -0.157. The van der Waals surface area contributed by atoms with Crippen LogP contribution < -0.4 is 0 Å². The Labute approximate surface area is 147 Å². The number of non-ortho nitro benzene ring substituents is 1. The Morgan fingerprint density at radius 3 is 2.73 bits per heavy atom. The van der Waals surface area contributed by atoms with Gasteiger partial charge in [-0.1, -0.05) is 24.1 Å². The number of hydrogen-bond donors (Lipinski definition) is 0. The molecular formula is C18H11N3O5.